The Kier molecular flexibility index (Phi) is 7.00. The first-order valence-electron chi connectivity index (χ1n) is 10.3. The average molecular weight is 488 g/mol. The third-order valence-corrected chi connectivity index (χ3v) is 6.49. The van der Waals surface area contributed by atoms with Gasteiger partial charge < -0.3 is 4.74 Å². The number of rotatable bonds is 9. The van der Waals surface area contributed by atoms with Crippen molar-refractivity contribution in [1.29, 1.82) is 0 Å². The summed E-state index contributed by atoms with van der Waals surface area (Å²) in [4.78, 5) is 25.5. The molecule has 3 rings (SSSR count). The van der Waals surface area contributed by atoms with Crippen molar-refractivity contribution in [3.05, 3.63) is 51.3 Å². The molecule has 13 heteroatoms. The standard InChI is InChI=1S/C20H23F3N4O5S/c1-3-5-11-25-16-13-27(24-17(16)18(28)26(19(25)29)12-6-4-2)33(30,31)15-9-7-14(8-10-15)32-20(21,22)23/h7-10,13H,3-6,11-12H2,1-2H3. The minimum Gasteiger partial charge on any atom is -0.406 e. The van der Waals surface area contributed by atoms with Crippen LogP contribution in [0.15, 0.2) is 44.9 Å². The molecule has 0 N–H and O–H groups in total. The molecule has 0 aliphatic heterocycles. The summed E-state index contributed by atoms with van der Waals surface area (Å²) in [6.07, 6.45) is -1.12. The maximum atomic E-state index is 13.0. The molecule has 3 aromatic rings. The number of unbranched alkanes of at least 4 members (excludes halogenated alkanes) is 2. The van der Waals surface area contributed by atoms with Crippen LogP contribution >= 0.6 is 0 Å². The van der Waals surface area contributed by atoms with Crippen LogP contribution in [-0.4, -0.2) is 33.1 Å². The molecule has 180 valence electrons. The summed E-state index contributed by atoms with van der Waals surface area (Å²) in [5.74, 6) is -0.584. The molecule has 0 saturated heterocycles. The van der Waals surface area contributed by atoms with Gasteiger partial charge in [0.1, 0.15) is 5.75 Å². The van der Waals surface area contributed by atoms with E-state index in [0.29, 0.717) is 16.9 Å². The second-order valence-corrected chi connectivity index (χ2v) is 9.15. The lowest BCUT2D eigenvalue weighted by molar-refractivity contribution is -0.274. The van der Waals surface area contributed by atoms with Crippen molar-refractivity contribution in [2.24, 2.45) is 0 Å². The zero-order chi connectivity index (χ0) is 24.4. The highest BCUT2D eigenvalue weighted by molar-refractivity contribution is 7.89. The van der Waals surface area contributed by atoms with Crippen LogP contribution in [0.25, 0.3) is 11.0 Å². The number of hydrogen-bond acceptors (Lipinski definition) is 6. The molecule has 0 aliphatic carbocycles. The fraction of sp³-hybridized carbons (Fsp3) is 0.450. The minimum absolute atomic E-state index is 0.0757. The van der Waals surface area contributed by atoms with Crippen LogP contribution in [0.1, 0.15) is 39.5 Å². The summed E-state index contributed by atoms with van der Waals surface area (Å²) in [5.41, 5.74) is -1.34. The predicted molar refractivity (Wildman–Crippen MR) is 114 cm³/mol. The number of halogens is 3. The second kappa shape index (κ2) is 9.41. The van der Waals surface area contributed by atoms with Crippen LogP contribution in [0.3, 0.4) is 0 Å². The van der Waals surface area contributed by atoms with Gasteiger partial charge in [0.25, 0.3) is 15.6 Å². The first kappa shape index (κ1) is 24.6. The summed E-state index contributed by atoms with van der Waals surface area (Å²) in [6, 6.07) is 3.59. The summed E-state index contributed by atoms with van der Waals surface area (Å²) >= 11 is 0. The quantitative estimate of drug-likeness (QED) is 0.458. The molecule has 0 radical (unpaired) electrons. The van der Waals surface area contributed by atoms with Gasteiger partial charge in [-0.1, -0.05) is 26.7 Å². The largest absolute Gasteiger partial charge is 0.573 e. The van der Waals surface area contributed by atoms with E-state index in [2.05, 4.69) is 9.84 Å². The Hall–Kier alpha value is -3.09. The van der Waals surface area contributed by atoms with Gasteiger partial charge in [0.15, 0.2) is 5.52 Å². The molecule has 0 spiro atoms. The van der Waals surface area contributed by atoms with Crippen LogP contribution < -0.4 is 16.0 Å². The zero-order valence-corrected chi connectivity index (χ0v) is 18.8. The summed E-state index contributed by atoms with van der Waals surface area (Å²) in [6.45, 7) is 4.28. The lowest BCUT2D eigenvalue weighted by Gasteiger charge is -2.10. The van der Waals surface area contributed by atoms with Gasteiger partial charge in [-0.2, -0.15) is 17.6 Å². The number of benzene rings is 1. The van der Waals surface area contributed by atoms with Crippen LogP contribution in [0, 0.1) is 0 Å². The molecule has 0 saturated carbocycles. The monoisotopic (exact) mass is 488 g/mol. The minimum atomic E-state index is -4.92. The molecule has 0 fully saturated rings. The van der Waals surface area contributed by atoms with Crippen molar-refractivity contribution in [3.63, 3.8) is 0 Å². The van der Waals surface area contributed by atoms with Gasteiger partial charge in [-0.3, -0.25) is 13.9 Å². The number of alkyl halides is 3. The number of hydrogen-bond donors (Lipinski definition) is 0. The van der Waals surface area contributed by atoms with Crippen LogP contribution in [-0.2, 0) is 23.1 Å². The van der Waals surface area contributed by atoms with E-state index in [-0.39, 0.29) is 29.0 Å². The van der Waals surface area contributed by atoms with E-state index in [1.165, 1.54) is 4.57 Å². The number of nitrogens with zero attached hydrogens (tertiary/aromatic N) is 4. The molecule has 2 heterocycles. The molecule has 2 aromatic heterocycles. The van der Waals surface area contributed by atoms with Gasteiger partial charge in [0.05, 0.1) is 16.6 Å². The molecule has 1 aromatic carbocycles. The smallest absolute Gasteiger partial charge is 0.406 e. The highest BCUT2D eigenvalue weighted by atomic mass is 32.2. The van der Waals surface area contributed by atoms with Crippen LogP contribution in [0.5, 0.6) is 5.75 Å². The Labute approximate surface area is 187 Å². The third-order valence-electron chi connectivity index (χ3n) is 4.95. The Morgan fingerprint density at radius 2 is 1.55 bits per heavy atom. The summed E-state index contributed by atoms with van der Waals surface area (Å²) in [5, 5.41) is 3.95. The van der Waals surface area contributed by atoms with E-state index in [9.17, 15) is 31.2 Å². The predicted octanol–water partition coefficient (Wildman–Crippen LogP) is 3.10. The Morgan fingerprint density at radius 3 is 2.09 bits per heavy atom. The Bertz CT molecular complexity index is 1360. The maximum absolute atomic E-state index is 13.0. The van der Waals surface area contributed by atoms with Gasteiger partial charge in [-0.05, 0) is 37.1 Å². The fourth-order valence-corrected chi connectivity index (χ4v) is 4.37. The van der Waals surface area contributed by atoms with Crippen molar-refractivity contribution in [2.45, 2.75) is 63.9 Å². The van der Waals surface area contributed by atoms with E-state index in [0.717, 1.165) is 47.9 Å². The topological polar surface area (TPSA) is 105 Å². The normalized spacial score (nSPS) is 12.4. The lowest BCUT2D eigenvalue weighted by Crippen LogP contribution is -2.40. The van der Waals surface area contributed by atoms with Crippen molar-refractivity contribution in [2.75, 3.05) is 0 Å². The molecular weight excluding hydrogens is 465 g/mol. The second-order valence-electron chi connectivity index (χ2n) is 7.36. The van der Waals surface area contributed by atoms with Gasteiger partial charge in [-0.25, -0.2) is 4.79 Å². The number of aromatic nitrogens is 4. The van der Waals surface area contributed by atoms with Gasteiger partial charge in [-0.15, -0.1) is 13.2 Å². The molecule has 0 unspecified atom stereocenters. The third kappa shape index (κ3) is 5.13. The molecular formula is C20H23F3N4O5S. The van der Waals surface area contributed by atoms with Gasteiger partial charge >= 0.3 is 12.1 Å². The first-order valence-corrected chi connectivity index (χ1v) is 11.8. The zero-order valence-electron chi connectivity index (χ0n) is 18.0. The summed E-state index contributed by atoms with van der Waals surface area (Å²) in [7, 11) is -4.35. The van der Waals surface area contributed by atoms with Crippen molar-refractivity contribution >= 4 is 21.1 Å². The molecule has 0 atom stereocenters. The Balaban J connectivity index is 2.12. The summed E-state index contributed by atoms with van der Waals surface area (Å²) < 4.78 is 69.8. The van der Waals surface area contributed by atoms with Crippen molar-refractivity contribution in [1.82, 2.24) is 18.3 Å². The van der Waals surface area contributed by atoms with E-state index in [1.807, 2.05) is 13.8 Å². The van der Waals surface area contributed by atoms with Crippen molar-refractivity contribution < 1.29 is 26.3 Å². The Morgan fingerprint density at radius 1 is 0.970 bits per heavy atom. The number of aryl methyl sites for hydroxylation is 1. The lowest BCUT2D eigenvalue weighted by atomic mass is 10.3. The molecule has 33 heavy (non-hydrogen) atoms. The number of fused-ring (bicyclic) bond motifs is 1. The van der Waals surface area contributed by atoms with E-state index in [4.69, 9.17) is 0 Å². The maximum Gasteiger partial charge on any atom is 0.573 e. The van der Waals surface area contributed by atoms with Crippen molar-refractivity contribution in [3.8, 4) is 5.75 Å². The van der Waals surface area contributed by atoms with E-state index < -0.39 is 33.4 Å². The van der Waals surface area contributed by atoms with E-state index >= 15 is 0 Å². The molecule has 0 aliphatic rings. The highest BCUT2D eigenvalue weighted by Gasteiger charge is 2.31. The van der Waals surface area contributed by atoms with Gasteiger partial charge in [0.2, 0.25) is 0 Å². The van der Waals surface area contributed by atoms with Crippen LogP contribution in [0.2, 0.25) is 0 Å². The molecule has 9 nitrogen and oxygen atoms in total. The fourth-order valence-electron chi connectivity index (χ4n) is 3.25. The number of ether oxygens (including phenoxy) is 1. The van der Waals surface area contributed by atoms with Crippen LogP contribution in [0.4, 0.5) is 13.2 Å². The van der Waals surface area contributed by atoms with E-state index in [1.54, 1.807) is 0 Å². The molecule has 0 bridgehead atoms. The molecule has 0 amide bonds. The van der Waals surface area contributed by atoms with Gasteiger partial charge in [0, 0.05) is 13.1 Å². The SMILES string of the molecule is CCCCn1c(=O)c2nn(S(=O)(=O)c3ccc(OC(F)(F)F)cc3)cc2n(CCCC)c1=O. The average Bonchev–Trinajstić information content (AvgIpc) is 3.19. The first-order chi connectivity index (χ1) is 15.5. The highest BCUT2D eigenvalue weighted by Crippen LogP contribution is 2.25.